The van der Waals surface area contributed by atoms with Crippen molar-refractivity contribution in [2.75, 3.05) is 26.2 Å². The van der Waals surface area contributed by atoms with E-state index >= 15 is 0 Å². The zero-order chi connectivity index (χ0) is 32.5. The van der Waals surface area contributed by atoms with Gasteiger partial charge < -0.3 is 28.5 Å². The Kier molecular flexibility index (Phi) is 8.20. The van der Waals surface area contributed by atoms with Crippen LogP contribution in [-0.2, 0) is 16.1 Å². The van der Waals surface area contributed by atoms with Crippen LogP contribution in [0.25, 0.3) is 11.0 Å². The number of para-hydroxylation sites is 1. The molecular weight excluding hydrogens is 612 g/mol. The first-order valence-electron chi connectivity index (χ1n) is 14.0. The monoisotopic (exact) mass is 640 g/mol. The second-order valence-corrected chi connectivity index (χ2v) is 11.2. The van der Waals surface area contributed by atoms with Crippen molar-refractivity contribution in [2.24, 2.45) is 0 Å². The number of fused-ring (bicyclic) bond motifs is 1. The Morgan fingerprint density at radius 3 is 2.43 bits per heavy atom. The predicted molar refractivity (Wildman–Crippen MR) is 169 cm³/mol. The lowest BCUT2D eigenvalue weighted by Crippen LogP contribution is -2.31. The summed E-state index contributed by atoms with van der Waals surface area (Å²) in [5.41, 5.74) is 1.78. The summed E-state index contributed by atoms with van der Waals surface area (Å²) in [6.45, 7) is 1.88. The third kappa shape index (κ3) is 5.32. The molecule has 234 valence electrons. The zero-order valence-electron chi connectivity index (χ0n) is 25.2. The third-order valence-corrected chi connectivity index (χ3v) is 8.64. The van der Waals surface area contributed by atoms with Gasteiger partial charge in [0.05, 0.1) is 38.6 Å². The minimum atomic E-state index is -1.18. The summed E-state index contributed by atoms with van der Waals surface area (Å²) in [6, 6.07) is 20.1. The van der Waals surface area contributed by atoms with Crippen molar-refractivity contribution in [2.45, 2.75) is 19.6 Å². The fourth-order valence-electron chi connectivity index (χ4n) is 5.27. The molecule has 1 amide bonds. The Balaban J connectivity index is 1.45. The first kappa shape index (κ1) is 30.4. The van der Waals surface area contributed by atoms with Crippen LogP contribution in [0.5, 0.6) is 17.2 Å². The van der Waals surface area contributed by atoms with Crippen molar-refractivity contribution in [1.29, 1.82) is 0 Å². The lowest BCUT2D eigenvalue weighted by Gasteiger charge is -2.25. The number of benzene rings is 3. The molecule has 1 atom stereocenters. The number of furan rings is 1. The molecule has 0 saturated heterocycles. The largest absolute Gasteiger partial charge is 0.503 e. The predicted octanol–water partition coefficient (Wildman–Crippen LogP) is 6.36. The molecule has 3 aromatic carbocycles. The van der Waals surface area contributed by atoms with E-state index in [1.165, 1.54) is 32.3 Å². The van der Waals surface area contributed by atoms with Gasteiger partial charge in [0.25, 0.3) is 5.91 Å². The molecule has 46 heavy (non-hydrogen) atoms. The van der Waals surface area contributed by atoms with Gasteiger partial charge in [-0.3, -0.25) is 14.5 Å². The topological polar surface area (TPSA) is 138 Å². The molecule has 0 aliphatic carbocycles. The number of ether oxygens (including phenoxy) is 4. The van der Waals surface area contributed by atoms with Crippen molar-refractivity contribution in [3.05, 3.63) is 112 Å². The molecule has 3 heterocycles. The van der Waals surface area contributed by atoms with Crippen molar-refractivity contribution >= 4 is 45.1 Å². The molecule has 6 rings (SSSR count). The Hall–Kier alpha value is -5.62. The van der Waals surface area contributed by atoms with Gasteiger partial charge in [-0.15, -0.1) is 0 Å². The van der Waals surface area contributed by atoms with Crippen LogP contribution in [-0.4, -0.2) is 49.1 Å². The van der Waals surface area contributed by atoms with Crippen LogP contribution < -0.4 is 19.1 Å². The van der Waals surface area contributed by atoms with E-state index in [0.29, 0.717) is 39.5 Å². The highest BCUT2D eigenvalue weighted by Crippen LogP contribution is 2.46. The normalized spacial score (nSPS) is 14.6. The number of amides is 1. The first-order chi connectivity index (χ1) is 22.2. The Bertz CT molecular complexity index is 2010. The SMILES string of the molecule is COC(=O)c1sc(N2C(=O)C(O)=C(C(=O)c3cc4cccc(OC)c4o3)C2c2ccc(OCc3ccccc3)c(OC)c2)nc1C. The molecular formula is C34H28N2O9S. The summed E-state index contributed by atoms with van der Waals surface area (Å²) in [5.74, 6) is -1.94. The number of methoxy groups -OCH3 is 3. The van der Waals surface area contributed by atoms with Gasteiger partial charge in [0.1, 0.15) is 11.5 Å². The second kappa shape index (κ2) is 12.4. The molecule has 0 spiro atoms. The zero-order valence-corrected chi connectivity index (χ0v) is 26.0. The van der Waals surface area contributed by atoms with Gasteiger partial charge in [-0.2, -0.15) is 0 Å². The minimum absolute atomic E-state index is 0.0805. The molecule has 2 aromatic heterocycles. The molecule has 0 saturated carbocycles. The van der Waals surface area contributed by atoms with Crippen LogP contribution >= 0.6 is 11.3 Å². The second-order valence-electron chi connectivity index (χ2n) is 10.2. The molecule has 1 N–H and O–H groups in total. The number of carbonyl (C=O) groups excluding carboxylic acids is 3. The fourth-order valence-corrected chi connectivity index (χ4v) is 6.28. The van der Waals surface area contributed by atoms with Crippen molar-refractivity contribution < 1.29 is 42.9 Å². The number of hydrogen-bond donors (Lipinski definition) is 1. The van der Waals surface area contributed by atoms with Crippen LogP contribution in [0.4, 0.5) is 5.13 Å². The van der Waals surface area contributed by atoms with E-state index in [9.17, 15) is 19.5 Å². The van der Waals surface area contributed by atoms with Gasteiger partial charge in [0, 0.05) is 5.39 Å². The van der Waals surface area contributed by atoms with E-state index in [2.05, 4.69) is 4.98 Å². The maximum absolute atomic E-state index is 14.2. The molecule has 1 unspecified atom stereocenters. The molecule has 5 aromatic rings. The minimum Gasteiger partial charge on any atom is -0.503 e. The van der Waals surface area contributed by atoms with Gasteiger partial charge in [0.15, 0.2) is 39.5 Å². The third-order valence-electron chi connectivity index (χ3n) is 7.51. The van der Waals surface area contributed by atoms with Crippen LogP contribution in [0.15, 0.2) is 88.5 Å². The molecule has 1 aliphatic rings. The maximum Gasteiger partial charge on any atom is 0.350 e. The first-order valence-corrected chi connectivity index (χ1v) is 14.9. The van der Waals surface area contributed by atoms with Gasteiger partial charge in [-0.25, -0.2) is 9.78 Å². The number of aliphatic hydroxyl groups is 1. The van der Waals surface area contributed by atoms with E-state index in [4.69, 9.17) is 23.4 Å². The van der Waals surface area contributed by atoms with E-state index in [0.717, 1.165) is 16.9 Å². The van der Waals surface area contributed by atoms with E-state index in [1.54, 1.807) is 43.3 Å². The maximum atomic E-state index is 14.2. The number of hydrogen-bond acceptors (Lipinski definition) is 11. The summed E-state index contributed by atoms with van der Waals surface area (Å²) in [6.07, 6.45) is 0. The number of nitrogens with zero attached hydrogens (tertiary/aromatic N) is 2. The van der Waals surface area contributed by atoms with Gasteiger partial charge in [-0.05, 0) is 42.3 Å². The van der Waals surface area contributed by atoms with Gasteiger partial charge in [0.2, 0.25) is 5.78 Å². The van der Waals surface area contributed by atoms with Crippen LogP contribution in [0, 0.1) is 6.92 Å². The number of aryl methyl sites for hydroxylation is 1. The Morgan fingerprint density at radius 2 is 1.72 bits per heavy atom. The van der Waals surface area contributed by atoms with E-state index in [1.807, 2.05) is 30.3 Å². The number of thiazole rings is 1. The molecule has 0 bridgehead atoms. The smallest absolute Gasteiger partial charge is 0.350 e. The lowest BCUT2D eigenvalue weighted by molar-refractivity contribution is -0.117. The number of aliphatic hydroxyl groups excluding tert-OH is 1. The molecule has 1 aliphatic heterocycles. The number of carbonyl (C=O) groups is 3. The number of anilines is 1. The highest BCUT2D eigenvalue weighted by atomic mass is 32.1. The summed E-state index contributed by atoms with van der Waals surface area (Å²) in [7, 11) is 4.20. The Morgan fingerprint density at radius 1 is 0.957 bits per heavy atom. The lowest BCUT2D eigenvalue weighted by atomic mass is 9.95. The van der Waals surface area contributed by atoms with Crippen LogP contribution in [0.2, 0.25) is 0 Å². The number of aromatic nitrogens is 1. The molecule has 0 radical (unpaired) electrons. The van der Waals surface area contributed by atoms with Crippen molar-refractivity contribution in [3.63, 3.8) is 0 Å². The van der Waals surface area contributed by atoms with Crippen molar-refractivity contribution in [1.82, 2.24) is 4.98 Å². The van der Waals surface area contributed by atoms with Crippen LogP contribution in [0.3, 0.4) is 0 Å². The average Bonchev–Trinajstić information content (AvgIpc) is 3.77. The number of esters is 1. The molecule has 12 heteroatoms. The Labute approximate surface area is 267 Å². The fraction of sp³-hybridized carbons (Fsp3) is 0.176. The van der Waals surface area contributed by atoms with Gasteiger partial charge >= 0.3 is 5.97 Å². The highest BCUT2D eigenvalue weighted by Gasteiger charge is 2.47. The van der Waals surface area contributed by atoms with Crippen molar-refractivity contribution in [3.8, 4) is 17.2 Å². The molecule has 0 fully saturated rings. The summed E-state index contributed by atoms with van der Waals surface area (Å²) < 4.78 is 27.8. The standard InChI is InChI=1S/C34H28N2O9S/c1-18-31(33(40)43-4)46-34(35-18)36-27(20-13-14-22(24(15-20)42-3)44-17-19-9-6-5-7-10-19)26(29(38)32(36)39)28(37)25-16-21-11-8-12-23(41-2)30(21)45-25/h5-16,27,38H,17H2,1-4H3. The summed E-state index contributed by atoms with van der Waals surface area (Å²) in [4.78, 5) is 46.1. The number of ketones is 1. The summed E-state index contributed by atoms with van der Waals surface area (Å²) in [5, 5.41) is 12.0. The average molecular weight is 641 g/mol. The van der Waals surface area contributed by atoms with Gasteiger partial charge in [-0.1, -0.05) is 59.9 Å². The molecule has 11 nitrogen and oxygen atoms in total. The quantitative estimate of drug-likeness (QED) is 0.136. The summed E-state index contributed by atoms with van der Waals surface area (Å²) >= 11 is 0.905. The number of Topliss-reactive ketones (excluding diaryl/α,β-unsaturated/α-hetero) is 1. The number of rotatable bonds is 10. The van der Waals surface area contributed by atoms with E-state index < -0.39 is 29.5 Å². The highest BCUT2D eigenvalue weighted by molar-refractivity contribution is 7.17. The van der Waals surface area contributed by atoms with Crippen LogP contribution in [0.1, 0.15) is 43.1 Å². The van der Waals surface area contributed by atoms with E-state index in [-0.39, 0.29) is 27.9 Å².